The molecule has 1 heterocycles. The SMILES string of the molecule is NCCCC(=O)NCC(O)c1cc2ccccc2s1. The summed E-state index contributed by atoms with van der Waals surface area (Å²) in [4.78, 5) is 12.3. The van der Waals surface area contributed by atoms with Gasteiger partial charge < -0.3 is 16.2 Å². The Hall–Kier alpha value is -1.43. The molecule has 0 aliphatic carbocycles. The summed E-state index contributed by atoms with van der Waals surface area (Å²) in [6.45, 7) is 0.752. The Balaban J connectivity index is 1.92. The number of rotatable bonds is 6. The predicted molar refractivity (Wildman–Crippen MR) is 78.1 cm³/mol. The largest absolute Gasteiger partial charge is 0.386 e. The van der Waals surface area contributed by atoms with Crippen molar-refractivity contribution in [2.75, 3.05) is 13.1 Å². The van der Waals surface area contributed by atoms with Crippen molar-refractivity contribution in [1.82, 2.24) is 5.32 Å². The lowest BCUT2D eigenvalue weighted by atomic mass is 10.2. The Morgan fingerprint density at radius 3 is 2.95 bits per heavy atom. The number of benzene rings is 1. The number of nitrogens with one attached hydrogen (secondary N) is 1. The molecule has 2 rings (SSSR count). The third kappa shape index (κ3) is 3.76. The standard InChI is InChI=1S/C14H18N2O2S/c15-7-3-6-14(18)16-9-11(17)13-8-10-4-1-2-5-12(10)19-13/h1-2,4-5,8,11,17H,3,6-7,9,15H2,(H,16,18). The molecular formula is C14H18N2O2S. The number of thiophene rings is 1. The Morgan fingerprint density at radius 2 is 2.21 bits per heavy atom. The minimum atomic E-state index is -0.653. The van der Waals surface area contributed by atoms with Crippen molar-refractivity contribution in [3.8, 4) is 0 Å². The van der Waals surface area contributed by atoms with Crippen molar-refractivity contribution < 1.29 is 9.90 Å². The maximum absolute atomic E-state index is 11.4. The van der Waals surface area contributed by atoms with E-state index in [1.54, 1.807) is 11.3 Å². The lowest BCUT2D eigenvalue weighted by Crippen LogP contribution is -2.28. The second-order valence-corrected chi connectivity index (χ2v) is 5.51. The highest BCUT2D eigenvalue weighted by Gasteiger charge is 2.12. The number of aliphatic hydroxyl groups is 1. The van der Waals surface area contributed by atoms with Crippen LogP contribution in [0.2, 0.25) is 0 Å². The molecule has 0 saturated heterocycles. The maximum atomic E-state index is 11.4. The molecule has 1 aromatic carbocycles. The van der Waals surface area contributed by atoms with E-state index in [0.717, 1.165) is 15.0 Å². The number of hydrogen-bond donors (Lipinski definition) is 3. The molecule has 0 saturated carbocycles. The van der Waals surface area contributed by atoms with Crippen LogP contribution in [0.25, 0.3) is 10.1 Å². The van der Waals surface area contributed by atoms with Crippen LogP contribution in [0.5, 0.6) is 0 Å². The van der Waals surface area contributed by atoms with Gasteiger partial charge in [0.25, 0.3) is 0 Å². The smallest absolute Gasteiger partial charge is 0.220 e. The number of nitrogens with two attached hydrogens (primary N) is 1. The van der Waals surface area contributed by atoms with Gasteiger partial charge in [-0.05, 0) is 30.5 Å². The molecule has 0 aliphatic heterocycles. The lowest BCUT2D eigenvalue weighted by Gasteiger charge is -2.09. The molecule has 1 unspecified atom stereocenters. The second kappa shape index (κ2) is 6.65. The number of hydrogen-bond acceptors (Lipinski definition) is 4. The first-order valence-electron chi connectivity index (χ1n) is 6.34. The van der Waals surface area contributed by atoms with Gasteiger partial charge in [-0.2, -0.15) is 0 Å². The summed E-state index contributed by atoms with van der Waals surface area (Å²) < 4.78 is 1.14. The highest BCUT2D eigenvalue weighted by molar-refractivity contribution is 7.19. The topological polar surface area (TPSA) is 75.4 Å². The van der Waals surface area contributed by atoms with Gasteiger partial charge >= 0.3 is 0 Å². The van der Waals surface area contributed by atoms with E-state index in [4.69, 9.17) is 5.73 Å². The molecule has 0 aliphatic rings. The van der Waals surface area contributed by atoms with Crippen LogP contribution in [-0.2, 0) is 4.79 Å². The first-order valence-corrected chi connectivity index (χ1v) is 7.15. The van der Waals surface area contributed by atoms with E-state index >= 15 is 0 Å². The Bertz CT molecular complexity index is 520. The normalized spacial score (nSPS) is 12.5. The van der Waals surface area contributed by atoms with Crippen molar-refractivity contribution in [3.05, 3.63) is 35.2 Å². The number of amides is 1. The highest BCUT2D eigenvalue weighted by atomic mass is 32.1. The van der Waals surface area contributed by atoms with Crippen LogP contribution < -0.4 is 11.1 Å². The number of aliphatic hydroxyl groups excluding tert-OH is 1. The third-order valence-corrected chi connectivity index (χ3v) is 4.09. The molecule has 0 fully saturated rings. The quantitative estimate of drug-likeness (QED) is 0.754. The highest BCUT2D eigenvalue weighted by Crippen LogP contribution is 2.29. The summed E-state index contributed by atoms with van der Waals surface area (Å²) in [5.41, 5.74) is 5.34. The molecule has 2 aromatic rings. The van der Waals surface area contributed by atoms with E-state index in [1.165, 1.54) is 0 Å². The molecule has 0 spiro atoms. The van der Waals surface area contributed by atoms with Gasteiger partial charge in [0.15, 0.2) is 0 Å². The van der Waals surface area contributed by atoms with Crippen LogP contribution in [0.1, 0.15) is 23.8 Å². The van der Waals surface area contributed by atoms with Crippen molar-refractivity contribution >= 4 is 27.3 Å². The van der Waals surface area contributed by atoms with Crippen LogP contribution in [0.4, 0.5) is 0 Å². The molecule has 1 amide bonds. The number of carbonyl (C=O) groups is 1. The fraction of sp³-hybridized carbons (Fsp3) is 0.357. The first kappa shape index (κ1) is 14.0. The summed E-state index contributed by atoms with van der Waals surface area (Å²) in [5.74, 6) is -0.0642. The minimum absolute atomic E-state index is 0.0642. The zero-order valence-electron chi connectivity index (χ0n) is 10.6. The Labute approximate surface area is 116 Å². The molecule has 4 nitrogen and oxygen atoms in total. The lowest BCUT2D eigenvalue weighted by molar-refractivity contribution is -0.121. The van der Waals surface area contributed by atoms with Crippen LogP contribution >= 0.6 is 11.3 Å². The van der Waals surface area contributed by atoms with Crippen molar-refractivity contribution in [1.29, 1.82) is 0 Å². The van der Waals surface area contributed by atoms with Crippen molar-refractivity contribution in [3.63, 3.8) is 0 Å². The molecule has 102 valence electrons. The van der Waals surface area contributed by atoms with Gasteiger partial charge in [0.1, 0.15) is 6.10 Å². The van der Waals surface area contributed by atoms with Crippen LogP contribution in [0.3, 0.4) is 0 Å². The molecule has 4 N–H and O–H groups in total. The van der Waals surface area contributed by atoms with Crippen molar-refractivity contribution in [2.45, 2.75) is 18.9 Å². The van der Waals surface area contributed by atoms with E-state index in [0.29, 0.717) is 19.4 Å². The molecule has 1 atom stereocenters. The minimum Gasteiger partial charge on any atom is -0.386 e. The van der Waals surface area contributed by atoms with Gasteiger partial charge in [0.2, 0.25) is 5.91 Å². The zero-order valence-corrected chi connectivity index (χ0v) is 11.5. The van der Waals surface area contributed by atoms with E-state index in [9.17, 15) is 9.90 Å². The Morgan fingerprint density at radius 1 is 1.42 bits per heavy atom. The molecule has 19 heavy (non-hydrogen) atoms. The van der Waals surface area contributed by atoms with Gasteiger partial charge in [0, 0.05) is 22.5 Å². The van der Waals surface area contributed by atoms with E-state index < -0.39 is 6.10 Å². The molecular weight excluding hydrogens is 260 g/mol. The van der Waals surface area contributed by atoms with Gasteiger partial charge in [-0.3, -0.25) is 4.79 Å². The van der Waals surface area contributed by atoms with Crippen molar-refractivity contribution in [2.24, 2.45) is 5.73 Å². The van der Waals surface area contributed by atoms with Gasteiger partial charge in [-0.25, -0.2) is 0 Å². The molecule has 0 bridgehead atoms. The van der Waals surface area contributed by atoms with Gasteiger partial charge in [0.05, 0.1) is 0 Å². The van der Waals surface area contributed by atoms with Gasteiger partial charge in [-0.1, -0.05) is 18.2 Å². The van der Waals surface area contributed by atoms with E-state index in [1.807, 2.05) is 30.3 Å². The summed E-state index contributed by atoms with van der Waals surface area (Å²) in [5, 5.41) is 13.9. The fourth-order valence-electron chi connectivity index (χ4n) is 1.83. The first-order chi connectivity index (χ1) is 9.20. The van der Waals surface area contributed by atoms with Crippen LogP contribution in [-0.4, -0.2) is 24.1 Å². The summed E-state index contributed by atoms with van der Waals surface area (Å²) in [6, 6.07) is 9.96. The molecule has 5 heteroatoms. The average Bonchev–Trinajstić information content (AvgIpc) is 2.86. The van der Waals surface area contributed by atoms with E-state index in [-0.39, 0.29) is 12.5 Å². The number of carbonyl (C=O) groups excluding carboxylic acids is 1. The van der Waals surface area contributed by atoms with E-state index in [2.05, 4.69) is 5.32 Å². The monoisotopic (exact) mass is 278 g/mol. The molecule has 0 radical (unpaired) electrons. The second-order valence-electron chi connectivity index (χ2n) is 4.40. The number of fused-ring (bicyclic) bond motifs is 1. The van der Waals surface area contributed by atoms with Crippen LogP contribution in [0.15, 0.2) is 30.3 Å². The maximum Gasteiger partial charge on any atom is 0.220 e. The summed E-state index contributed by atoms with van der Waals surface area (Å²) in [6.07, 6.45) is 0.430. The zero-order chi connectivity index (χ0) is 13.7. The summed E-state index contributed by atoms with van der Waals surface area (Å²) in [7, 11) is 0. The Kier molecular flexibility index (Phi) is 4.90. The molecule has 1 aromatic heterocycles. The summed E-state index contributed by atoms with van der Waals surface area (Å²) >= 11 is 1.55. The van der Waals surface area contributed by atoms with Gasteiger partial charge in [-0.15, -0.1) is 11.3 Å². The fourth-order valence-corrected chi connectivity index (χ4v) is 2.88. The average molecular weight is 278 g/mol. The third-order valence-electron chi connectivity index (χ3n) is 2.87. The predicted octanol–water partition coefficient (Wildman–Crippen LogP) is 1.79. The van der Waals surface area contributed by atoms with Crippen LogP contribution in [0, 0.1) is 0 Å².